The van der Waals surface area contributed by atoms with Gasteiger partial charge in [-0.3, -0.25) is 9.69 Å². The number of hydrogen-bond donors (Lipinski definition) is 2. The molecule has 0 aromatic carbocycles. The highest BCUT2D eigenvalue weighted by atomic mass is 16.7. The first-order valence-electron chi connectivity index (χ1n) is 18.6. The van der Waals surface area contributed by atoms with Crippen LogP contribution in [-0.2, 0) is 19.0 Å². The number of hydrogen-bond acceptors (Lipinski definition) is 7. The lowest BCUT2D eigenvalue weighted by Crippen LogP contribution is -2.78. The second kappa shape index (κ2) is 14.1. The van der Waals surface area contributed by atoms with Crippen molar-refractivity contribution >= 4 is 5.97 Å². The molecule has 2 bridgehead atoms. The summed E-state index contributed by atoms with van der Waals surface area (Å²) < 4.78 is 18.0. The molecule has 2 N–H and O–H groups in total. The zero-order valence-corrected chi connectivity index (χ0v) is 27.9. The van der Waals surface area contributed by atoms with Crippen LogP contribution in [0.3, 0.4) is 0 Å². The zero-order valence-electron chi connectivity index (χ0n) is 27.9. The standard InChI is InChI=1S/C38H59NO6/c1-3-4-5-6-7-8-9-10-11-12-13-14-15-16-33(40)44-27-43-31-20-19-30-25-32-37(41)22-21-28(2)38(42)36(37,34(30)35(31)45-38)23-24-39(32)26-29-17-18-29/h19-20,29-30,32,34,41-42H,2-18,21-27H2,1H3/t30?,32?,34?,36-,37-,38+/m1/s1. The number of likely N-dealkylation sites (tertiary alicyclic amines) is 1. The van der Waals surface area contributed by atoms with Crippen molar-refractivity contribution in [1.82, 2.24) is 4.90 Å². The number of nitrogens with zero attached hydrogens (tertiary/aromatic N) is 1. The molecule has 4 aliphatic carbocycles. The predicted octanol–water partition coefficient (Wildman–Crippen LogP) is 7.67. The van der Waals surface area contributed by atoms with Crippen molar-refractivity contribution in [2.75, 3.05) is 19.9 Å². The Hall–Kier alpha value is -1.83. The van der Waals surface area contributed by atoms with Crippen LogP contribution < -0.4 is 0 Å². The molecular weight excluding hydrogens is 566 g/mol. The highest BCUT2D eigenvalue weighted by Crippen LogP contribution is 2.73. The van der Waals surface area contributed by atoms with Crippen molar-refractivity contribution in [3.8, 4) is 0 Å². The van der Waals surface area contributed by atoms with E-state index in [1.54, 1.807) is 0 Å². The second-order valence-electron chi connectivity index (χ2n) is 15.2. The number of carbonyl (C=O) groups excluding carboxylic acids is 1. The van der Waals surface area contributed by atoms with E-state index in [2.05, 4.69) is 24.5 Å². The summed E-state index contributed by atoms with van der Waals surface area (Å²) in [5.74, 6) is -0.103. The summed E-state index contributed by atoms with van der Waals surface area (Å²) in [5.41, 5.74) is -1.27. The molecule has 252 valence electrons. The Morgan fingerprint density at radius 2 is 1.67 bits per heavy atom. The van der Waals surface area contributed by atoms with E-state index < -0.39 is 16.8 Å². The maximum Gasteiger partial charge on any atom is 0.308 e. The Balaban J connectivity index is 0.963. The van der Waals surface area contributed by atoms with Gasteiger partial charge in [0.15, 0.2) is 5.76 Å². The third kappa shape index (κ3) is 6.27. The topological polar surface area (TPSA) is 88.5 Å². The molecule has 6 atom stereocenters. The van der Waals surface area contributed by atoms with Gasteiger partial charge in [-0.1, -0.05) is 96.6 Å². The first-order valence-corrected chi connectivity index (χ1v) is 18.6. The maximum atomic E-state index is 12.6. The monoisotopic (exact) mass is 625 g/mol. The van der Waals surface area contributed by atoms with E-state index in [-0.39, 0.29) is 30.6 Å². The first-order chi connectivity index (χ1) is 21.8. The average molecular weight is 626 g/mol. The summed E-state index contributed by atoms with van der Waals surface area (Å²) >= 11 is 0. The Morgan fingerprint density at radius 3 is 2.33 bits per heavy atom. The predicted molar refractivity (Wildman–Crippen MR) is 175 cm³/mol. The Kier molecular flexibility index (Phi) is 10.4. The van der Waals surface area contributed by atoms with Gasteiger partial charge in [-0.05, 0) is 75.0 Å². The summed E-state index contributed by atoms with van der Waals surface area (Å²) in [5, 5.41) is 24.8. The van der Waals surface area contributed by atoms with Gasteiger partial charge in [-0.25, -0.2) is 0 Å². The van der Waals surface area contributed by atoms with Crippen LogP contribution in [0.5, 0.6) is 0 Å². The molecule has 2 aliphatic heterocycles. The summed E-state index contributed by atoms with van der Waals surface area (Å²) in [6.45, 7) is 8.21. The van der Waals surface area contributed by atoms with E-state index in [1.165, 1.54) is 83.5 Å². The van der Waals surface area contributed by atoms with Crippen LogP contribution in [0.15, 0.2) is 35.8 Å². The Morgan fingerprint density at radius 1 is 1.00 bits per heavy atom. The average Bonchev–Trinajstić information content (AvgIpc) is 3.79. The number of piperidine rings is 1. The normalized spacial score (nSPS) is 34.9. The van der Waals surface area contributed by atoms with Crippen LogP contribution in [0.1, 0.15) is 135 Å². The number of rotatable bonds is 19. The van der Waals surface area contributed by atoms with E-state index >= 15 is 0 Å². The van der Waals surface area contributed by atoms with Gasteiger partial charge in [-0.15, -0.1) is 0 Å². The van der Waals surface area contributed by atoms with Gasteiger partial charge in [0.1, 0.15) is 5.76 Å². The third-order valence-electron chi connectivity index (χ3n) is 12.3. The van der Waals surface area contributed by atoms with Crippen LogP contribution in [0, 0.1) is 23.2 Å². The molecule has 7 nitrogen and oxygen atoms in total. The number of ether oxygens (including phenoxy) is 3. The lowest BCUT2D eigenvalue weighted by molar-refractivity contribution is -0.318. The number of allylic oxidation sites excluding steroid dienone is 3. The third-order valence-corrected chi connectivity index (χ3v) is 12.3. The van der Waals surface area contributed by atoms with Crippen molar-refractivity contribution in [2.24, 2.45) is 23.2 Å². The largest absolute Gasteiger partial charge is 0.458 e. The SMILES string of the molecule is C=C1CC[C@@]2(O)C3CC4C=CC(OCOC(=O)CCCCCCCCCCCCCCC)=C5O[C@]1(O)[C@]2(CCN3CC1CC1)C54. The van der Waals surface area contributed by atoms with E-state index in [1.807, 2.05) is 6.08 Å². The fraction of sp³-hybridized carbons (Fsp3) is 0.816. The van der Waals surface area contributed by atoms with Crippen LogP contribution in [0.4, 0.5) is 0 Å². The Labute approximate surface area is 271 Å². The number of carbonyl (C=O) groups is 1. The molecule has 5 fully saturated rings. The molecule has 7 heteroatoms. The van der Waals surface area contributed by atoms with Crippen LogP contribution in [-0.4, -0.2) is 58.4 Å². The van der Waals surface area contributed by atoms with Crippen molar-refractivity contribution in [2.45, 2.75) is 153 Å². The summed E-state index contributed by atoms with van der Waals surface area (Å²) in [4.78, 5) is 15.0. The van der Waals surface area contributed by atoms with Gasteiger partial charge in [0.2, 0.25) is 12.6 Å². The van der Waals surface area contributed by atoms with E-state index in [4.69, 9.17) is 14.2 Å². The first kappa shape index (κ1) is 33.1. The minimum atomic E-state index is -1.63. The summed E-state index contributed by atoms with van der Waals surface area (Å²) in [6, 6.07) is -0.00569. The van der Waals surface area contributed by atoms with E-state index in [0.717, 1.165) is 38.3 Å². The zero-order chi connectivity index (χ0) is 31.5. The molecule has 2 saturated heterocycles. The number of aliphatic hydroxyl groups is 2. The molecule has 6 aliphatic rings. The highest BCUT2D eigenvalue weighted by Gasteiger charge is 2.81. The highest BCUT2D eigenvalue weighted by molar-refractivity contribution is 5.69. The molecule has 3 saturated carbocycles. The number of esters is 1. The van der Waals surface area contributed by atoms with Gasteiger partial charge in [0.05, 0.1) is 11.0 Å². The molecule has 0 aromatic rings. The molecule has 6 rings (SSSR count). The summed E-state index contributed by atoms with van der Waals surface area (Å²) in [7, 11) is 0. The van der Waals surface area contributed by atoms with Crippen LogP contribution in [0.25, 0.3) is 0 Å². The minimum absolute atomic E-state index is 0.00569. The Bertz CT molecular complexity index is 1130. The quantitative estimate of drug-likeness (QED) is 0.0659. The molecule has 2 heterocycles. The molecule has 3 unspecified atom stereocenters. The van der Waals surface area contributed by atoms with Gasteiger partial charge < -0.3 is 24.4 Å². The van der Waals surface area contributed by atoms with Crippen molar-refractivity contribution in [1.29, 1.82) is 0 Å². The minimum Gasteiger partial charge on any atom is -0.458 e. The molecule has 0 aromatic heterocycles. The van der Waals surface area contributed by atoms with E-state index in [0.29, 0.717) is 42.8 Å². The fourth-order valence-corrected chi connectivity index (χ4v) is 9.69. The lowest BCUT2D eigenvalue weighted by Gasteiger charge is -2.67. The maximum absolute atomic E-state index is 12.6. The van der Waals surface area contributed by atoms with Gasteiger partial charge in [-0.2, -0.15) is 0 Å². The molecule has 45 heavy (non-hydrogen) atoms. The van der Waals surface area contributed by atoms with Crippen molar-refractivity contribution in [3.63, 3.8) is 0 Å². The van der Waals surface area contributed by atoms with Crippen molar-refractivity contribution < 1.29 is 29.2 Å². The molecule has 0 radical (unpaired) electrons. The smallest absolute Gasteiger partial charge is 0.308 e. The molecule has 1 spiro atoms. The lowest BCUT2D eigenvalue weighted by atomic mass is 9.42. The van der Waals surface area contributed by atoms with Crippen molar-refractivity contribution in [3.05, 3.63) is 35.8 Å². The fourth-order valence-electron chi connectivity index (χ4n) is 9.69. The second-order valence-corrected chi connectivity index (χ2v) is 15.2. The van der Waals surface area contributed by atoms with Gasteiger partial charge >= 0.3 is 5.97 Å². The van der Waals surface area contributed by atoms with Gasteiger partial charge in [0.25, 0.3) is 0 Å². The summed E-state index contributed by atoms with van der Waals surface area (Å²) in [6.07, 6.45) is 26.2. The molecule has 0 amide bonds. The molecular formula is C38H59NO6. The van der Waals surface area contributed by atoms with E-state index in [9.17, 15) is 15.0 Å². The van der Waals surface area contributed by atoms with Crippen LogP contribution >= 0.6 is 0 Å². The number of unbranched alkanes of at least 4 members (excludes halogenated alkanes) is 12. The van der Waals surface area contributed by atoms with Crippen LogP contribution in [0.2, 0.25) is 0 Å². The van der Waals surface area contributed by atoms with Gasteiger partial charge in [0, 0.05) is 24.9 Å².